The van der Waals surface area contributed by atoms with Gasteiger partial charge in [0, 0.05) is 10.7 Å². The van der Waals surface area contributed by atoms with E-state index in [2.05, 4.69) is 10.6 Å². The molecule has 0 unspecified atom stereocenters. The maximum Gasteiger partial charge on any atom is 0.257 e. The van der Waals surface area contributed by atoms with E-state index in [0.717, 1.165) is 5.56 Å². The van der Waals surface area contributed by atoms with Crippen LogP contribution in [0.3, 0.4) is 0 Å². The zero-order chi connectivity index (χ0) is 19.9. The molecule has 0 aliphatic heterocycles. The fourth-order valence-electron chi connectivity index (χ4n) is 2.64. The third-order valence-electron chi connectivity index (χ3n) is 4.07. The van der Waals surface area contributed by atoms with E-state index in [-0.39, 0.29) is 18.2 Å². The summed E-state index contributed by atoms with van der Waals surface area (Å²) in [4.78, 5) is 25.0. The van der Waals surface area contributed by atoms with Gasteiger partial charge in [0.2, 0.25) is 5.91 Å². The molecule has 3 rings (SSSR count). The quantitative estimate of drug-likeness (QED) is 0.632. The van der Waals surface area contributed by atoms with E-state index < -0.39 is 0 Å². The first-order chi connectivity index (χ1) is 13.5. The van der Waals surface area contributed by atoms with E-state index in [9.17, 15) is 9.59 Å². The number of carbonyl (C=O) groups is 2. The number of hydrogen-bond acceptors (Lipinski definition) is 3. The second kappa shape index (κ2) is 9.06. The zero-order valence-electron chi connectivity index (χ0n) is 15.2. The van der Waals surface area contributed by atoms with Crippen LogP contribution in [-0.2, 0) is 11.2 Å². The Morgan fingerprint density at radius 1 is 0.893 bits per heavy atom. The lowest BCUT2D eigenvalue weighted by atomic mass is 10.1. The molecule has 0 fully saturated rings. The van der Waals surface area contributed by atoms with Crippen molar-refractivity contribution in [2.75, 3.05) is 17.7 Å². The van der Waals surface area contributed by atoms with Crippen molar-refractivity contribution in [1.82, 2.24) is 0 Å². The molecule has 6 heteroatoms. The average molecular weight is 395 g/mol. The number of carbonyl (C=O) groups excluding carboxylic acids is 2. The summed E-state index contributed by atoms with van der Waals surface area (Å²) in [6.07, 6.45) is 0.186. The summed E-state index contributed by atoms with van der Waals surface area (Å²) in [6, 6.07) is 21.0. The second-order valence-corrected chi connectivity index (χ2v) is 6.52. The van der Waals surface area contributed by atoms with Crippen molar-refractivity contribution in [3.05, 3.63) is 88.9 Å². The highest BCUT2D eigenvalue weighted by atomic mass is 35.5. The number of benzene rings is 3. The van der Waals surface area contributed by atoms with Crippen LogP contribution in [0.2, 0.25) is 5.02 Å². The van der Waals surface area contributed by atoms with E-state index in [1.165, 1.54) is 0 Å². The smallest absolute Gasteiger partial charge is 0.257 e. The summed E-state index contributed by atoms with van der Waals surface area (Å²) in [7, 11) is 1.58. The molecule has 0 aliphatic carbocycles. The highest BCUT2D eigenvalue weighted by Crippen LogP contribution is 2.20. The number of nitrogens with one attached hydrogen (secondary N) is 2. The Morgan fingerprint density at radius 3 is 2.25 bits per heavy atom. The summed E-state index contributed by atoms with van der Waals surface area (Å²) in [6.45, 7) is 0. The molecule has 2 N–H and O–H groups in total. The molecule has 5 nitrogen and oxygen atoms in total. The first kappa shape index (κ1) is 19.5. The first-order valence-corrected chi connectivity index (χ1v) is 9.01. The number of anilines is 2. The Balaban J connectivity index is 1.69. The molecule has 3 aromatic rings. The van der Waals surface area contributed by atoms with E-state index >= 15 is 0 Å². The predicted octanol–water partition coefficient (Wildman–Crippen LogP) is 4.78. The van der Waals surface area contributed by atoms with E-state index in [1.54, 1.807) is 79.9 Å². The molecule has 0 heterocycles. The molecule has 0 spiro atoms. The Hall–Kier alpha value is -3.31. The number of ether oxygens (including phenoxy) is 1. The largest absolute Gasteiger partial charge is 0.497 e. The predicted molar refractivity (Wildman–Crippen MR) is 111 cm³/mol. The fourth-order valence-corrected chi connectivity index (χ4v) is 2.77. The van der Waals surface area contributed by atoms with Crippen molar-refractivity contribution in [3.8, 4) is 5.75 Å². The highest BCUT2D eigenvalue weighted by Gasteiger charge is 2.14. The molecule has 0 atom stereocenters. The molecule has 0 saturated heterocycles. The first-order valence-electron chi connectivity index (χ1n) is 8.64. The van der Waals surface area contributed by atoms with Crippen molar-refractivity contribution in [1.29, 1.82) is 0 Å². The van der Waals surface area contributed by atoms with Gasteiger partial charge in [0.25, 0.3) is 5.91 Å². The van der Waals surface area contributed by atoms with E-state index in [0.29, 0.717) is 27.7 Å². The van der Waals surface area contributed by atoms with Crippen molar-refractivity contribution in [2.45, 2.75) is 6.42 Å². The van der Waals surface area contributed by atoms with Crippen LogP contribution >= 0.6 is 11.6 Å². The van der Waals surface area contributed by atoms with E-state index in [4.69, 9.17) is 16.3 Å². The van der Waals surface area contributed by atoms with Crippen molar-refractivity contribution in [2.24, 2.45) is 0 Å². The Bertz CT molecular complexity index is 970. The highest BCUT2D eigenvalue weighted by molar-refractivity contribution is 6.30. The van der Waals surface area contributed by atoms with Crippen molar-refractivity contribution in [3.63, 3.8) is 0 Å². The summed E-state index contributed by atoms with van der Waals surface area (Å²) in [5.41, 5.74) is 2.30. The molecule has 2 amide bonds. The summed E-state index contributed by atoms with van der Waals surface area (Å²) >= 11 is 5.87. The van der Waals surface area contributed by atoms with Crippen molar-refractivity contribution >= 4 is 34.8 Å². The lowest BCUT2D eigenvalue weighted by Crippen LogP contribution is -2.19. The monoisotopic (exact) mass is 394 g/mol. The minimum atomic E-state index is -0.312. The molecule has 28 heavy (non-hydrogen) atoms. The summed E-state index contributed by atoms with van der Waals surface area (Å²) in [5.74, 6) is 0.174. The third kappa shape index (κ3) is 5.11. The SMILES string of the molecule is COc1ccc(NC(=O)c2ccccc2NC(=O)Cc2ccc(Cl)cc2)cc1. The van der Waals surface area contributed by atoms with Crippen LogP contribution in [0.15, 0.2) is 72.8 Å². The van der Waals surface area contributed by atoms with E-state index in [1.807, 2.05) is 0 Å². The standard InChI is InChI=1S/C22H19ClN2O3/c1-28-18-12-10-17(11-13-18)24-22(27)19-4-2-3-5-20(19)25-21(26)14-15-6-8-16(23)9-7-15/h2-13H,14H2,1H3,(H,24,27)(H,25,26). The minimum Gasteiger partial charge on any atom is -0.497 e. The molecule has 0 radical (unpaired) electrons. The van der Waals surface area contributed by atoms with Gasteiger partial charge >= 0.3 is 0 Å². The number of para-hydroxylation sites is 1. The number of halogens is 1. The molecule has 0 bridgehead atoms. The van der Waals surface area contributed by atoms with Gasteiger partial charge in [-0.15, -0.1) is 0 Å². The normalized spacial score (nSPS) is 10.2. The molecule has 0 aliphatic rings. The van der Waals surface area contributed by atoms with Gasteiger partial charge in [-0.2, -0.15) is 0 Å². The van der Waals surface area contributed by atoms with Crippen LogP contribution in [0, 0.1) is 0 Å². The van der Waals surface area contributed by atoms with Gasteiger partial charge in [-0.1, -0.05) is 35.9 Å². The molecule has 142 valence electrons. The number of hydrogen-bond donors (Lipinski definition) is 2. The lowest BCUT2D eigenvalue weighted by molar-refractivity contribution is -0.115. The third-order valence-corrected chi connectivity index (χ3v) is 4.32. The van der Waals surface area contributed by atoms with Crippen molar-refractivity contribution < 1.29 is 14.3 Å². The zero-order valence-corrected chi connectivity index (χ0v) is 16.0. The maximum absolute atomic E-state index is 12.7. The summed E-state index contributed by atoms with van der Waals surface area (Å²) in [5, 5.41) is 6.24. The van der Waals surface area contributed by atoms with Crippen LogP contribution in [0.1, 0.15) is 15.9 Å². The minimum absolute atomic E-state index is 0.186. The fraction of sp³-hybridized carbons (Fsp3) is 0.0909. The van der Waals surface area contributed by atoms with Crippen LogP contribution in [0.5, 0.6) is 5.75 Å². The van der Waals surface area contributed by atoms with Gasteiger partial charge in [0.15, 0.2) is 0 Å². The number of rotatable bonds is 6. The van der Waals surface area contributed by atoms with Crippen LogP contribution in [-0.4, -0.2) is 18.9 Å². The molecule has 0 aromatic heterocycles. The maximum atomic E-state index is 12.7. The lowest BCUT2D eigenvalue weighted by Gasteiger charge is -2.12. The van der Waals surface area contributed by atoms with Crippen LogP contribution in [0.4, 0.5) is 11.4 Å². The van der Waals surface area contributed by atoms with Gasteiger partial charge in [-0.25, -0.2) is 0 Å². The Kier molecular flexibility index (Phi) is 6.29. The van der Waals surface area contributed by atoms with Gasteiger partial charge in [0.05, 0.1) is 24.8 Å². The average Bonchev–Trinajstić information content (AvgIpc) is 2.70. The van der Waals surface area contributed by atoms with Crippen LogP contribution < -0.4 is 15.4 Å². The number of methoxy groups -OCH3 is 1. The van der Waals surface area contributed by atoms with Crippen LogP contribution in [0.25, 0.3) is 0 Å². The number of amides is 2. The second-order valence-electron chi connectivity index (χ2n) is 6.08. The Morgan fingerprint density at radius 2 is 1.57 bits per heavy atom. The molecular weight excluding hydrogens is 376 g/mol. The van der Waals surface area contributed by atoms with Gasteiger partial charge < -0.3 is 15.4 Å². The Labute approximate surface area is 168 Å². The van der Waals surface area contributed by atoms with Gasteiger partial charge in [0.1, 0.15) is 5.75 Å². The van der Waals surface area contributed by atoms with Gasteiger partial charge in [-0.05, 0) is 54.1 Å². The molecule has 0 saturated carbocycles. The van der Waals surface area contributed by atoms with Gasteiger partial charge in [-0.3, -0.25) is 9.59 Å². The topological polar surface area (TPSA) is 67.4 Å². The molecule has 3 aromatic carbocycles. The summed E-state index contributed by atoms with van der Waals surface area (Å²) < 4.78 is 5.11. The molecular formula is C22H19ClN2O3.